The first-order valence-corrected chi connectivity index (χ1v) is 9.81. The first-order valence-electron chi connectivity index (χ1n) is 9.81. The van der Waals surface area contributed by atoms with Gasteiger partial charge < -0.3 is 19.9 Å². The molecule has 1 atom stereocenters. The molecule has 1 spiro atoms. The van der Waals surface area contributed by atoms with Crippen LogP contribution in [0.25, 0.3) is 0 Å². The van der Waals surface area contributed by atoms with Gasteiger partial charge in [-0.2, -0.15) is 0 Å². The number of carbonyl (C=O) groups is 1. The van der Waals surface area contributed by atoms with E-state index in [0.29, 0.717) is 25.7 Å². The molecule has 0 saturated heterocycles. The van der Waals surface area contributed by atoms with E-state index in [0.717, 1.165) is 43.4 Å². The van der Waals surface area contributed by atoms with Crippen LogP contribution < -0.4 is 10.5 Å². The van der Waals surface area contributed by atoms with E-state index < -0.39 is 0 Å². The predicted molar refractivity (Wildman–Crippen MR) is 107 cm³/mol. The highest BCUT2D eigenvalue weighted by Gasteiger charge is 2.48. The van der Waals surface area contributed by atoms with Crippen molar-refractivity contribution >= 4 is 12.4 Å². The Morgan fingerprint density at radius 3 is 2.71 bits per heavy atom. The summed E-state index contributed by atoms with van der Waals surface area (Å²) < 4.78 is 16.4. The Bertz CT molecular complexity index is 714. The molecule has 2 aliphatic carbocycles. The van der Waals surface area contributed by atoms with Gasteiger partial charge in [0.1, 0.15) is 12.4 Å². The fourth-order valence-electron chi connectivity index (χ4n) is 4.46. The molecule has 0 heterocycles. The largest absolute Gasteiger partial charge is 0.491 e. The maximum absolute atomic E-state index is 11.1. The van der Waals surface area contributed by atoms with Gasteiger partial charge >= 0.3 is 0 Å². The second-order valence-corrected chi connectivity index (χ2v) is 7.78. The number of amides is 1. The summed E-state index contributed by atoms with van der Waals surface area (Å²) in [6, 6.07) is 6.13. The van der Waals surface area contributed by atoms with Gasteiger partial charge in [-0.15, -0.1) is 0 Å². The number of guanidine groups is 1. The van der Waals surface area contributed by atoms with E-state index in [1.165, 1.54) is 10.5 Å². The van der Waals surface area contributed by atoms with Crippen LogP contribution in [0.1, 0.15) is 42.9 Å². The van der Waals surface area contributed by atoms with E-state index >= 15 is 0 Å². The minimum atomic E-state index is -0.0892. The average Bonchev–Trinajstić information content (AvgIpc) is 3.00. The third kappa shape index (κ3) is 4.15. The molecular weight excluding hydrogens is 358 g/mol. The van der Waals surface area contributed by atoms with Crippen LogP contribution in [0.15, 0.2) is 23.2 Å². The molecular formula is C21H31N3O4. The van der Waals surface area contributed by atoms with Gasteiger partial charge in [0, 0.05) is 26.7 Å². The Morgan fingerprint density at radius 2 is 2.07 bits per heavy atom. The number of ether oxygens (including phenoxy) is 3. The fraction of sp³-hybridized carbons (Fsp3) is 0.619. The molecule has 0 radical (unpaired) electrons. The van der Waals surface area contributed by atoms with Gasteiger partial charge in [-0.1, -0.05) is 6.07 Å². The molecule has 3 rings (SSSR count). The normalized spacial score (nSPS) is 26.9. The SMILES string of the molecule is COCCOc1ccc2c(c1)C(N=C(N)N(C)C=O)C1(CCC(OC)CC1)C2. The number of methoxy groups -OCH3 is 2. The summed E-state index contributed by atoms with van der Waals surface area (Å²) in [4.78, 5) is 17.3. The van der Waals surface area contributed by atoms with Gasteiger partial charge in [-0.25, -0.2) is 4.99 Å². The number of carbonyl (C=O) groups excluding carboxylic acids is 1. The lowest BCUT2D eigenvalue weighted by Crippen LogP contribution is -2.37. The minimum Gasteiger partial charge on any atom is -0.491 e. The molecule has 1 unspecified atom stereocenters. The Hall–Kier alpha value is -2.12. The van der Waals surface area contributed by atoms with Crippen molar-refractivity contribution in [1.29, 1.82) is 0 Å². The van der Waals surface area contributed by atoms with E-state index in [1.54, 1.807) is 21.3 Å². The highest BCUT2D eigenvalue weighted by molar-refractivity contribution is 5.87. The average molecular weight is 389 g/mol. The van der Waals surface area contributed by atoms with Crippen LogP contribution in [-0.4, -0.2) is 57.9 Å². The highest BCUT2D eigenvalue weighted by Crippen LogP contribution is 2.56. The Kier molecular flexibility index (Phi) is 6.57. The van der Waals surface area contributed by atoms with Crippen LogP contribution >= 0.6 is 0 Å². The van der Waals surface area contributed by atoms with Gasteiger partial charge in [-0.05, 0) is 55.4 Å². The minimum absolute atomic E-state index is 0.0108. The summed E-state index contributed by atoms with van der Waals surface area (Å²) in [5.74, 6) is 1.05. The van der Waals surface area contributed by atoms with Crippen molar-refractivity contribution in [3.8, 4) is 5.75 Å². The maximum atomic E-state index is 11.1. The molecule has 154 valence electrons. The first-order chi connectivity index (χ1) is 13.5. The number of benzene rings is 1. The Balaban J connectivity index is 1.92. The van der Waals surface area contributed by atoms with Crippen molar-refractivity contribution in [3.63, 3.8) is 0 Å². The molecule has 2 N–H and O–H groups in total. The number of nitrogens with zero attached hydrogens (tertiary/aromatic N) is 2. The van der Waals surface area contributed by atoms with E-state index in [4.69, 9.17) is 24.9 Å². The number of aliphatic imine (C=N–C) groups is 1. The van der Waals surface area contributed by atoms with Gasteiger partial charge in [0.15, 0.2) is 5.96 Å². The van der Waals surface area contributed by atoms with Gasteiger partial charge in [-0.3, -0.25) is 9.69 Å². The number of nitrogens with two attached hydrogens (primary N) is 1. The summed E-state index contributed by atoms with van der Waals surface area (Å²) in [5.41, 5.74) is 8.56. The van der Waals surface area contributed by atoms with Crippen LogP contribution in [0.5, 0.6) is 5.75 Å². The van der Waals surface area contributed by atoms with Crippen molar-refractivity contribution in [1.82, 2.24) is 4.90 Å². The van der Waals surface area contributed by atoms with Crippen molar-refractivity contribution in [2.75, 3.05) is 34.5 Å². The standard InChI is InChI=1S/C21H31N3O4/c1-24(14-25)20(22)23-19-18-12-17(28-11-10-26-2)5-4-15(18)13-21(19)8-6-16(27-3)7-9-21/h4-5,12,14,16,19H,6-11,13H2,1-3H3,(H2,22,23). The summed E-state index contributed by atoms with van der Waals surface area (Å²) in [7, 11) is 5.06. The van der Waals surface area contributed by atoms with Crippen molar-refractivity contribution < 1.29 is 19.0 Å². The van der Waals surface area contributed by atoms with Crippen LogP contribution in [0.4, 0.5) is 0 Å². The molecule has 7 heteroatoms. The molecule has 1 amide bonds. The molecule has 1 saturated carbocycles. The molecule has 7 nitrogen and oxygen atoms in total. The third-order valence-electron chi connectivity index (χ3n) is 6.13. The van der Waals surface area contributed by atoms with E-state index in [1.807, 2.05) is 6.07 Å². The lowest BCUT2D eigenvalue weighted by molar-refractivity contribution is -0.114. The number of rotatable bonds is 7. The van der Waals surface area contributed by atoms with Gasteiger partial charge in [0.25, 0.3) is 0 Å². The predicted octanol–water partition coefficient (Wildman–Crippen LogP) is 2.29. The molecule has 1 fully saturated rings. The summed E-state index contributed by atoms with van der Waals surface area (Å²) in [6.07, 6.45) is 6.02. The van der Waals surface area contributed by atoms with Gasteiger partial charge in [0.2, 0.25) is 6.41 Å². The van der Waals surface area contributed by atoms with E-state index in [9.17, 15) is 4.79 Å². The molecule has 0 aliphatic heterocycles. The monoisotopic (exact) mass is 389 g/mol. The number of fused-ring (bicyclic) bond motifs is 1. The van der Waals surface area contributed by atoms with Gasteiger partial charge in [0.05, 0.1) is 18.8 Å². The van der Waals surface area contributed by atoms with Crippen molar-refractivity contribution in [3.05, 3.63) is 29.3 Å². The first kappa shape index (κ1) is 20.6. The zero-order valence-corrected chi connectivity index (χ0v) is 17.0. The summed E-state index contributed by atoms with van der Waals surface area (Å²) in [6.45, 7) is 1.04. The summed E-state index contributed by atoms with van der Waals surface area (Å²) >= 11 is 0. The van der Waals surface area contributed by atoms with E-state index in [-0.39, 0.29) is 17.4 Å². The number of hydrogen-bond donors (Lipinski definition) is 1. The quantitative estimate of drug-likeness (QED) is 0.335. The van der Waals surface area contributed by atoms with Crippen LogP contribution in [0.3, 0.4) is 0 Å². The second kappa shape index (κ2) is 8.92. The number of hydrogen-bond acceptors (Lipinski definition) is 5. The topological polar surface area (TPSA) is 86.4 Å². The van der Waals surface area contributed by atoms with E-state index in [2.05, 4.69) is 12.1 Å². The lowest BCUT2D eigenvalue weighted by atomic mass is 9.68. The van der Waals surface area contributed by atoms with Crippen molar-refractivity contribution in [2.24, 2.45) is 16.1 Å². The van der Waals surface area contributed by atoms with Crippen molar-refractivity contribution in [2.45, 2.75) is 44.2 Å². The maximum Gasteiger partial charge on any atom is 0.216 e. The molecule has 28 heavy (non-hydrogen) atoms. The Labute approximate surface area is 166 Å². The Morgan fingerprint density at radius 1 is 1.32 bits per heavy atom. The van der Waals surface area contributed by atoms with Crippen LogP contribution in [0.2, 0.25) is 0 Å². The molecule has 1 aromatic carbocycles. The fourth-order valence-corrected chi connectivity index (χ4v) is 4.46. The smallest absolute Gasteiger partial charge is 0.216 e. The second-order valence-electron chi connectivity index (χ2n) is 7.78. The highest BCUT2D eigenvalue weighted by atomic mass is 16.5. The zero-order chi connectivity index (χ0) is 20.1. The van der Waals surface area contributed by atoms with Crippen LogP contribution in [-0.2, 0) is 20.7 Å². The third-order valence-corrected chi connectivity index (χ3v) is 6.13. The molecule has 1 aromatic rings. The summed E-state index contributed by atoms with van der Waals surface area (Å²) in [5, 5.41) is 0. The molecule has 2 aliphatic rings. The lowest BCUT2D eigenvalue weighted by Gasteiger charge is -2.40. The zero-order valence-electron chi connectivity index (χ0n) is 17.0. The molecule has 0 aromatic heterocycles. The molecule has 0 bridgehead atoms. The van der Waals surface area contributed by atoms with Crippen LogP contribution in [0, 0.1) is 5.41 Å².